The number of hydrogen-bond donors (Lipinski definition) is 2. The number of rotatable bonds is 9. The number of nitrogens with one attached hydrogen (secondary N) is 1. The molecule has 2 rings (SSSR count). The second-order valence-electron chi connectivity index (χ2n) is 6.99. The molecule has 0 aromatic carbocycles. The second kappa shape index (κ2) is 7.07. The molecule has 0 aromatic heterocycles. The summed E-state index contributed by atoms with van der Waals surface area (Å²) in [5, 5.41) is 13.1. The first-order chi connectivity index (χ1) is 9.97. The van der Waals surface area contributed by atoms with Crippen LogP contribution in [-0.4, -0.2) is 72.2 Å². The third kappa shape index (κ3) is 4.41. The molecule has 0 saturated heterocycles. The zero-order valence-corrected chi connectivity index (χ0v) is 13.8. The van der Waals surface area contributed by atoms with Gasteiger partial charge in [-0.2, -0.15) is 0 Å². The molecule has 2 fully saturated rings. The lowest BCUT2D eigenvalue weighted by atomic mass is 9.97. The largest absolute Gasteiger partial charge is 0.480 e. The molecule has 2 aliphatic carbocycles. The van der Waals surface area contributed by atoms with Crippen molar-refractivity contribution < 1.29 is 9.90 Å². The Morgan fingerprint density at radius 2 is 2.00 bits per heavy atom. The summed E-state index contributed by atoms with van der Waals surface area (Å²) in [5.41, 5.74) is -0.666. The molecule has 2 N–H and O–H groups in total. The fraction of sp³-hybridized carbons (Fsp3) is 0.938. The molecule has 2 saturated carbocycles. The van der Waals surface area contributed by atoms with Gasteiger partial charge >= 0.3 is 5.97 Å². The monoisotopic (exact) mass is 297 g/mol. The Balaban J connectivity index is 1.89. The molecule has 5 nitrogen and oxygen atoms in total. The summed E-state index contributed by atoms with van der Waals surface area (Å²) in [6.45, 7) is 5.36. The first-order valence-electron chi connectivity index (χ1n) is 8.36. The Bertz CT molecular complexity index is 357. The van der Waals surface area contributed by atoms with E-state index < -0.39 is 11.5 Å². The zero-order valence-electron chi connectivity index (χ0n) is 13.8. The highest BCUT2D eigenvalue weighted by atomic mass is 16.4. The van der Waals surface area contributed by atoms with Crippen molar-refractivity contribution in [2.75, 3.05) is 33.7 Å². The van der Waals surface area contributed by atoms with Crippen LogP contribution in [0.5, 0.6) is 0 Å². The lowest BCUT2D eigenvalue weighted by Gasteiger charge is -2.31. The Morgan fingerprint density at radius 1 is 1.29 bits per heavy atom. The molecule has 2 aliphatic rings. The predicted molar refractivity (Wildman–Crippen MR) is 84.6 cm³/mol. The van der Waals surface area contributed by atoms with Gasteiger partial charge in [-0.25, -0.2) is 0 Å². The van der Waals surface area contributed by atoms with Crippen molar-refractivity contribution in [3.05, 3.63) is 0 Å². The molecule has 0 amide bonds. The summed E-state index contributed by atoms with van der Waals surface area (Å²) in [6, 6.07) is 0.864. The van der Waals surface area contributed by atoms with E-state index in [1.165, 1.54) is 0 Å². The Hall–Kier alpha value is -0.650. The van der Waals surface area contributed by atoms with Crippen LogP contribution in [0.3, 0.4) is 0 Å². The van der Waals surface area contributed by atoms with Gasteiger partial charge in [-0.15, -0.1) is 0 Å². The van der Waals surface area contributed by atoms with E-state index in [0.29, 0.717) is 12.1 Å². The highest BCUT2D eigenvalue weighted by molar-refractivity contribution is 5.79. The first-order valence-corrected chi connectivity index (χ1v) is 8.36. The van der Waals surface area contributed by atoms with Crippen molar-refractivity contribution in [2.45, 2.75) is 63.1 Å². The molecule has 0 heterocycles. The van der Waals surface area contributed by atoms with E-state index in [2.05, 4.69) is 36.1 Å². The number of nitrogens with zero attached hydrogens (tertiary/aromatic N) is 2. The van der Waals surface area contributed by atoms with Crippen LogP contribution in [-0.2, 0) is 4.79 Å². The van der Waals surface area contributed by atoms with Crippen molar-refractivity contribution in [1.29, 1.82) is 0 Å². The summed E-state index contributed by atoms with van der Waals surface area (Å²) < 4.78 is 0. The highest BCUT2D eigenvalue weighted by Crippen LogP contribution is 2.36. The van der Waals surface area contributed by atoms with Crippen molar-refractivity contribution in [1.82, 2.24) is 15.1 Å². The average molecular weight is 297 g/mol. The average Bonchev–Trinajstić information content (AvgIpc) is 3.12. The molecule has 2 unspecified atom stereocenters. The maximum Gasteiger partial charge on any atom is 0.323 e. The predicted octanol–water partition coefficient (Wildman–Crippen LogP) is 1.39. The molecule has 0 aliphatic heterocycles. The standard InChI is InChI=1S/C16H31N3O2/c1-4-19(11-5-10-18(2)3)14-8-9-16(12-14,15(20)21)17-13-6-7-13/h13-14,17H,4-12H2,1-3H3,(H,20,21). The van der Waals surface area contributed by atoms with E-state index in [0.717, 1.165) is 58.2 Å². The second-order valence-corrected chi connectivity index (χ2v) is 6.99. The molecule has 2 atom stereocenters. The van der Waals surface area contributed by atoms with Gasteiger partial charge in [0.1, 0.15) is 5.54 Å². The maximum atomic E-state index is 11.8. The molecule has 0 bridgehead atoms. The molecule has 122 valence electrons. The Morgan fingerprint density at radius 3 is 2.52 bits per heavy atom. The quantitative estimate of drug-likeness (QED) is 0.673. The minimum atomic E-state index is -0.666. The van der Waals surface area contributed by atoms with Crippen molar-refractivity contribution in [3.63, 3.8) is 0 Å². The van der Waals surface area contributed by atoms with Gasteiger partial charge in [-0.05, 0) is 72.3 Å². The van der Waals surface area contributed by atoms with E-state index in [9.17, 15) is 9.90 Å². The van der Waals surface area contributed by atoms with E-state index in [1.807, 2.05) is 0 Å². The first kappa shape index (κ1) is 16.7. The molecular weight excluding hydrogens is 266 g/mol. The van der Waals surface area contributed by atoms with Gasteiger partial charge < -0.3 is 14.9 Å². The smallest absolute Gasteiger partial charge is 0.323 e. The minimum Gasteiger partial charge on any atom is -0.480 e. The van der Waals surface area contributed by atoms with E-state index in [-0.39, 0.29) is 0 Å². The highest BCUT2D eigenvalue weighted by Gasteiger charge is 2.49. The van der Waals surface area contributed by atoms with Crippen LogP contribution in [0.25, 0.3) is 0 Å². The van der Waals surface area contributed by atoms with Crippen molar-refractivity contribution in [3.8, 4) is 0 Å². The van der Waals surface area contributed by atoms with Crippen LogP contribution in [0, 0.1) is 0 Å². The van der Waals surface area contributed by atoms with Gasteiger partial charge in [-0.3, -0.25) is 10.1 Å². The summed E-state index contributed by atoms with van der Waals surface area (Å²) in [6.07, 6.45) is 5.96. The van der Waals surface area contributed by atoms with Crippen molar-refractivity contribution >= 4 is 5.97 Å². The number of carboxylic acid groups (broad SMARTS) is 1. The summed E-state index contributed by atoms with van der Waals surface area (Å²) in [5.74, 6) is -0.652. The van der Waals surface area contributed by atoms with Gasteiger partial charge in [0, 0.05) is 12.1 Å². The Kier molecular flexibility index (Phi) is 5.63. The molecule has 0 radical (unpaired) electrons. The molecular formula is C16H31N3O2. The van der Waals surface area contributed by atoms with Crippen LogP contribution in [0.15, 0.2) is 0 Å². The molecule has 0 spiro atoms. The van der Waals surface area contributed by atoms with Crippen LogP contribution in [0.4, 0.5) is 0 Å². The number of aliphatic carboxylic acids is 1. The van der Waals surface area contributed by atoms with Crippen molar-refractivity contribution in [2.24, 2.45) is 0 Å². The van der Waals surface area contributed by atoms with Gasteiger partial charge in [0.2, 0.25) is 0 Å². The van der Waals surface area contributed by atoms with Gasteiger partial charge in [0.15, 0.2) is 0 Å². The fourth-order valence-corrected chi connectivity index (χ4v) is 3.53. The van der Waals surface area contributed by atoms with Gasteiger partial charge in [0.25, 0.3) is 0 Å². The number of carbonyl (C=O) groups is 1. The third-order valence-electron chi connectivity index (χ3n) is 4.93. The third-order valence-corrected chi connectivity index (χ3v) is 4.93. The van der Waals surface area contributed by atoms with Crippen LogP contribution in [0.1, 0.15) is 45.4 Å². The van der Waals surface area contributed by atoms with E-state index >= 15 is 0 Å². The SMILES string of the molecule is CCN(CCCN(C)C)C1CCC(NC2CC2)(C(=O)O)C1. The van der Waals surface area contributed by atoms with E-state index in [1.54, 1.807) is 0 Å². The Labute approximate surface area is 128 Å². The minimum absolute atomic E-state index is 0.416. The van der Waals surface area contributed by atoms with Crippen LogP contribution in [0.2, 0.25) is 0 Å². The van der Waals surface area contributed by atoms with Crippen LogP contribution >= 0.6 is 0 Å². The van der Waals surface area contributed by atoms with Crippen LogP contribution < -0.4 is 5.32 Å². The van der Waals surface area contributed by atoms with Gasteiger partial charge in [0.05, 0.1) is 0 Å². The maximum absolute atomic E-state index is 11.8. The molecule has 5 heteroatoms. The summed E-state index contributed by atoms with van der Waals surface area (Å²) in [7, 11) is 4.20. The number of hydrogen-bond acceptors (Lipinski definition) is 4. The topological polar surface area (TPSA) is 55.8 Å². The fourth-order valence-electron chi connectivity index (χ4n) is 3.53. The van der Waals surface area contributed by atoms with Gasteiger partial charge in [-0.1, -0.05) is 6.92 Å². The lowest BCUT2D eigenvalue weighted by molar-refractivity contribution is -0.145. The lowest BCUT2D eigenvalue weighted by Crippen LogP contribution is -2.52. The molecule has 0 aromatic rings. The van der Waals surface area contributed by atoms with E-state index in [4.69, 9.17) is 0 Å². The number of carboxylic acids is 1. The summed E-state index contributed by atoms with van der Waals surface area (Å²) >= 11 is 0. The molecule has 21 heavy (non-hydrogen) atoms. The zero-order chi connectivity index (χ0) is 15.5. The normalized spacial score (nSPS) is 29.5. The summed E-state index contributed by atoms with van der Waals surface area (Å²) in [4.78, 5) is 16.4.